The van der Waals surface area contributed by atoms with Gasteiger partial charge in [0.05, 0.1) is 24.0 Å². The molecule has 1 N–H and O–H groups in total. The van der Waals surface area contributed by atoms with Crippen LogP contribution < -0.4 is 5.32 Å². The molecule has 106 valence electrons. The Morgan fingerprint density at radius 3 is 2.50 bits per heavy atom. The molecule has 0 aliphatic heterocycles. The number of carbonyl (C=O) groups is 1. The van der Waals surface area contributed by atoms with E-state index in [0.29, 0.717) is 0 Å². The van der Waals surface area contributed by atoms with Gasteiger partial charge in [-0.2, -0.15) is 8.42 Å². The van der Waals surface area contributed by atoms with Crippen LogP contribution in [0.2, 0.25) is 0 Å². The number of hydrogen-bond acceptors (Lipinski definition) is 5. The van der Waals surface area contributed by atoms with E-state index in [1.807, 2.05) is 0 Å². The quantitative estimate of drug-likeness (QED) is 0.515. The van der Waals surface area contributed by atoms with Crippen LogP contribution in [-0.2, 0) is 23.8 Å². The van der Waals surface area contributed by atoms with Gasteiger partial charge in [-0.1, -0.05) is 6.58 Å². The number of rotatable bonds is 8. The van der Waals surface area contributed by atoms with E-state index in [1.54, 1.807) is 20.8 Å². The van der Waals surface area contributed by atoms with Crippen molar-refractivity contribution >= 4 is 16.0 Å². The van der Waals surface area contributed by atoms with Gasteiger partial charge in [-0.25, -0.2) is 0 Å². The fourth-order valence-electron chi connectivity index (χ4n) is 1.41. The van der Waals surface area contributed by atoms with Crippen LogP contribution in [0.3, 0.4) is 0 Å². The van der Waals surface area contributed by atoms with Crippen LogP contribution >= 0.6 is 0 Å². The molecule has 0 rings (SSSR count). The SMILES string of the molecule is C=CC(=O)NC(C)(C)CS(=O)(=O)OC(C)COC. The standard InChI is InChI=1S/C11H21NO5S/c1-6-10(13)12-11(3,4)8-18(14,15)17-9(2)7-16-5/h6,9H,1,7-8H2,2-5H3,(H,12,13). The van der Waals surface area contributed by atoms with Gasteiger partial charge in [0.1, 0.15) is 0 Å². The Morgan fingerprint density at radius 1 is 1.50 bits per heavy atom. The first kappa shape index (κ1) is 17.1. The van der Waals surface area contributed by atoms with Gasteiger partial charge in [-0.15, -0.1) is 0 Å². The van der Waals surface area contributed by atoms with Crippen molar-refractivity contribution in [2.24, 2.45) is 0 Å². The molecule has 0 saturated heterocycles. The van der Waals surface area contributed by atoms with Crippen molar-refractivity contribution in [2.75, 3.05) is 19.5 Å². The second-order valence-electron chi connectivity index (χ2n) is 4.64. The second-order valence-corrected chi connectivity index (χ2v) is 6.24. The number of methoxy groups -OCH3 is 1. The zero-order valence-electron chi connectivity index (χ0n) is 11.2. The summed E-state index contributed by atoms with van der Waals surface area (Å²) >= 11 is 0. The van der Waals surface area contributed by atoms with Crippen molar-refractivity contribution in [1.29, 1.82) is 0 Å². The molecule has 0 fully saturated rings. The average molecular weight is 279 g/mol. The Kier molecular flexibility index (Phi) is 6.51. The Balaban J connectivity index is 4.55. The number of hydrogen-bond donors (Lipinski definition) is 1. The summed E-state index contributed by atoms with van der Waals surface area (Å²) in [6.45, 7) is 8.26. The summed E-state index contributed by atoms with van der Waals surface area (Å²) in [5.41, 5.74) is -0.934. The van der Waals surface area contributed by atoms with E-state index in [9.17, 15) is 13.2 Å². The van der Waals surface area contributed by atoms with Crippen molar-refractivity contribution in [3.05, 3.63) is 12.7 Å². The molecule has 0 radical (unpaired) electrons. The van der Waals surface area contributed by atoms with E-state index in [2.05, 4.69) is 11.9 Å². The molecule has 0 aromatic carbocycles. The van der Waals surface area contributed by atoms with Gasteiger partial charge in [0.2, 0.25) is 5.91 Å². The van der Waals surface area contributed by atoms with Gasteiger partial charge in [0, 0.05) is 7.11 Å². The number of nitrogens with one attached hydrogen (secondary N) is 1. The van der Waals surface area contributed by atoms with E-state index >= 15 is 0 Å². The number of ether oxygens (including phenoxy) is 1. The van der Waals surface area contributed by atoms with Crippen molar-refractivity contribution in [1.82, 2.24) is 5.32 Å². The van der Waals surface area contributed by atoms with Crippen molar-refractivity contribution in [3.8, 4) is 0 Å². The molecule has 7 heteroatoms. The largest absolute Gasteiger partial charge is 0.382 e. The van der Waals surface area contributed by atoms with Crippen molar-refractivity contribution in [3.63, 3.8) is 0 Å². The van der Waals surface area contributed by atoms with Crippen LogP contribution in [0.5, 0.6) is 0 Å². The second kappa shape index (κ2) is 6.86. The first-order valence-corrected chi connectivity index (χ1v) is 7.04. The Morgan fingerprint density at radius 2 is 2.06 bits per heavy atom. The highest BCUT2D eigenvalue weighted by atomic mass is 32.2. The molecular formula is C11H21NO5S. The first-order valence-electron chi connectivity index (χ1n) is 5.46. The maximum atomic E-state index is 11.7. The number of carbonyl (C=O) groups excluding carboxylic acids is 1. The van der Waals surface area contributed by atoms with E-state index in [-0.39, 0.29) is 12.4 Å². The monoisotopic (exact) mass is 279 g/mol. The molecule has 0 spiro atoms. The van der Waals surface area contributed by atoms with E-state index in [1.165, 1.54) is 7.11 Å². The maximum absolute atomic E-state index is 11.7. The summed E-state index contributed by atoms with van der Waals surface area (Å²) < 4.78 is 33.2. The third-order valence-corrected chi connectivity index (χ3v) is 3.59. The van der Waals surface area contributed by atoms with E-state index in [4.69, 9.17) is 8.92 Å². The summed E-state index contributed by atoms with van der Waals surface area (Å²) in [5.74, 6) is -0.756. The third-order valence-electron chi connectivity index (χ3n) is 1.90. The topological polar surface area (TPSA) is 81.7 Å². The summed E-state index contributed by atoms with van der Waals surface area (Å²) in [6, 6.07) is 0. The zero-order chi connectivity index (χ0) is 14.4. The van der Waals surface area contributed by atoms with Gasteiger partial charge in [-0.05, 0) is 26.8 Å². The summed E-state index contributed by atoms with van der Waals surface area (Å²) in [6.07, 6.45) is 0.522. The highest BCUT2D eigenvalue weighted by Gasteiger charge is 2.29. The Labute approximate surface area is 108 Å². The summed E-state index contributed by atoms with van der Waals surface area (Å²) in [5, 5.41) is 2.52. The zero-order valence-corrected chi connectivity index (χ0v) is 12.0. The van der Waals surface area contributed by atoms with Gasteiger partial charge in [0.25, 0.3) is 10.1 Å². The minimum absolute atomic E-state index is 0.179. The lowest BCUT2D eigenvalue weighted by atomic mass is 10.1. The molecule has 0 aliphatic rings. The fourth-order valence-corrected chi connectivity index (χ4v) is 2.99. The van der Waals surface area contributed by atoms with Crippen LogP contribution in [0.25, 0.3) is 0 Å². The summed E-state index contributed by atoms with van der Waals surface area (Å²) in [4.78, 5) is 11.2. The maximum Gasteiger partial charge on any atom is 0.269 e. The molecule has 0 aromatic heterocycles. The fraction of sp³-hybridized carbons (Fsp3) is 0.727. The molecule has 0 saturated carbocycles. The smallest absolute Gasteiger partial charge is 0.269 e. The lowest BCUT2D eigenvalue weighted by molar-refractivity contribution is -0.117. The van der Waals surface area contributed by atoms with Crippen LogP contribution in [0, 0.1) is 0 Å². The molecular weight excluding hydrogens is 258 g/mol. The summed E-state index contributed by atoms with van der Waals surface area (Å²) in [7, 11) is -2.28. The molecule has 0 aromatic rings. The van der Waals surface area contributed by atoms with E-state index in [0.717, 1.165) is 6.08 Å². The lowest BCUT2D eigenvalue weighted by Gasteiger charge is -2.25. The highest BCUT2D eigenvalue weighted by Crippen LogP contribution is 2.10. The lowest BCUT2D eigenvalue weighted by Crippen LogP contribution is -2.48. The number of amides is 1. The third kappa shape index (κ3) is 7.41. The van der Waals surface area contributed by atoms with Crippen LogP contribution in [0.1, 0.15) is 20.8 Å². The molecule has 1 unspecified atom stereocenters. The average Bonchev–Trinajstić information content (AvgIpc) is 2.13. The molecule has 1 atom stereocenters. The minimum Gasteiger partial charge on any atom is -0.382 e. The van der Waals surface area contributed by atoms with Crippen LogP contribution in [0.15, 0.2) is 12.7 Å². The van der Waals surface area contributed by atoms with Gasteiger partial charge in [-0.3, -0.25) is 8.98 Å². The van der Waals surface area contributed by atoms with Crippen molar-refractivity contribution < 1.29 is 22.1 Å². The highest BCUT2D eigenvalue weighted by molar-refractivity contribution is 7.86. The van der Waals surface area contributed by atoms with E-state index < -0.39 is 27.7 Å². The van der Waals surface area contributed by atoms with Gasteiger partial charge >= 0.3 is 0 Å². The van der Waals surface area contributed by atoms with Crippen molar-refractivity contribution in [2.45, 2.75) is 32.4 Å². The van der Waals surface area contributed by atoms with Crippen LogP contribution in [-0.4, -0.2) is 45.4 Å². The molecule has 0 bridgehead atoms. The van der Waals surface area contributed by atoms with Gasteiger partial charge in [0.15, 0.2) is 0 Å². The molecule has 6 nitrogen and oxygen atoms in total. The normalized spacial score (nSPS) is 14.0. The molecule has 18 heavy (non-hydrogen) atoms. The van der Waals surface area contributed by atoms with Gasteiger partial charge < -0.3 is 10.1 Å². The predicted octanol–water partition coefficient (Wildman–Crippen LogP) is 0.449. The Hall–Kier alpha value is -0.920. The minimum atomic E-state index is -3.74. The molecule has 1 amide bonds. The van der Waals surface area contributed by atoms with Crippen LogP contribution in [0.4, 0.5) is 0 Å². The molecule has 0 aliphatic carbocycles. The molecule has 0 heterocycles. The first-order chi connectivity index (χ1) is 8.12. The predicted molar refractivity (Wildman–Crippen MR) is 68.6 cm³/mol. The Bertz CT molecular complexity index is 388.